The van der Waals surface area contributed by atoms with Crippen molar-refractivity contribution < 1.29 is 14.3 Å². The van der Waals surface area contributed by atoms with E-state index in [2.05, 4.69) is 44.8 Å². The van der Waals surface area contributed by atoms with Crippen LogP contribution in [-0.4, -0.2) is 83.9 Å². The van der Waals surface area contributed by atoms with Crippen molar-refractivity contribution in [2.75, 3.05) is 63.3 Å². The van der Waals surface area contributed by atoms with Gasteiger partial charge in [0.15, 0.2) is 5.16 Å². The monoisotopic (exact) mass is 417 g/mol. The summed E-state index contributed by atoms with van der Waals surface area (Å²) in [5.74, 6) is 1.27. The smallest absolute Gasteiger partial charge is 0.233 e. The Bertz CT molecular complexity index is 831. The molecule has 2 aliphatic heterocycles. The van der Waals surface area contributed by atoms with E-state index in [0.29, 0.717) is 45.3 Å². The van der Waals surface area contributed by atoms with Crippen molar-refractivity contribution in [1.82, 2.24) is 19.7 Å². The predicted octanol–water partition coefficient (Wildman–Crippen LogP) is 1.62. The molecule has 0 unspecified atom stereocenters. The fraction of sp³-hybridized carbons (Fsp3) is 0.550. The molecule has 2 fully saturated rings. The Kier molecular flexibility index (Phi) is 6.68. The Hall–Kier alpha value is -2.10. The van der Waals surface area contributed by atoms with Gasteiger partial charge in [-0.25, -0.2) is 0 Å². The van der Waals surface area contributed by atoms with Crippen LogP contribution < -0.4 is 4.90 Å². The first-order valence-electron chi connectivity index (χ1n) is 10.1. The second-order valence-electron chi connectivity index (χ2n) is 6.98. The van der Waals surface area contributed by atoms with E-state index in [-0.39, 0.29) is 5.91 Å². The maximum atomic E-state index is 12.6. The van der Waals surface area contributed by atoms with Crippen molar-refractivity contribution in [3.05, 3.63) is 29.8 Å². The van der Waals surface area contributed by atoms with E-state index < -0.39 is 0 Å². The van der Waals surface area contributed by atoms with Crippen molar-refractivity contribution in [2.45, 2.75) is 18.5 Å². The number of aryl methyl sites for hydroxylation is 1. The van der Waals surface area contributed by atoms with E-state index in [4.69, 9.17) is 9.47 Å². The Balaban J connectivity index is 1.61. The molecule has 3 heterocycles. The van der Waals surface area contributed by atoms with Crippen molar-refractivity contribution >= 4 is 23.6 Å². The number of benzene rings is 1. The molecule has 156 valence electrons. The lowest BCUT2D eigenvalue weighted by molar-refractivity contribution is -0.132. The molecule has 2 aliphatic rings. The summed E-state index contributed by atoms with van der Waals surface area (Å²) in [5, 5.41) is 9.70. The Morgan fingerprint density at radius 2 is 1.72 bits per heavy atom. The number of amides is 1. The molecular weight excluding hydrogens is 390 g/mol. The number of morpholine rings is 2. The first kappa shape index (κ1) is 20.2. The largest absolute Gasteiger partial charge is 0.378 e. The zero-order valence-corrected chi connectivity index (χ0v) is 17.6. The number of carbonyl (C=O) groups excluding carboxylic acids is 1. The first-order valence-corrected chi connectivity index (χ1v) is 11.1. The summed E-state index contributed by atoms with van der Waals surface area (Å²) in [4.78, 5) is 16.7. The predicted molar refractivity (Wildman–Crippen MR) is 112 cm³/mol. The number of rotatable bonds is 6. The summed E-state index contributed by atoms with van der Waals surface area (Å²) < 4.78 is 12.9. The van der Waals surface area contributed by atoms with Gasteiger partial charge in [-0.3, -0.25) is 9.36 Å². The van der Waals surface area contributed by atoms with Crippen LogP contribution in [0.15, 0.2) is 29.4 Å². The first-order chi connectivity index (χ1) is 14.3. The van der Waals surface area contributed by atoms with Gasteiger partial charge in [0.05, 0.1) is 37.9 Å². The minimum atomic E-state index is 0.115. The summed E-state index contributed by atoms with van der Waals surface area (Å²) in [6.07, 6.45) is 0.910. The van der Waals surface area contributed by atoms with Gasteiger partial charge in [0.2, 0.25) is 11.9 Å². The highest BCUT2D eigenvalue weighted by molar-refractivity contribution is 7.99. The summed E-state index contributed by atoms with van der Waals surface area (Å²) in [6, 6.07) is 8.31. The van der Waals surface area contributed by atoms with Crippen LogP contribution in [0.5, 0.6) is 0 Å². The van der Waals surface area contributed by atoms with Crippen molar-refractivity contribution in [3.8, 4) is 5.69 Å². The molecule has 2 saturated heterocycles. The summed E-state index contributed by atoms with van der Waals surface area (Å²) >= 11 is 1.45. The minimum absolute atomic E-state index is 0.115. The highest BCUT2D eigenvalue weighted by Gasteiger charge is 2.24. The average molecular weight is 418 g/mol. The van der Waals surface area contributed by atoms with Gasteiger partial charge >= 0.3 is 0 Å². The molecule has 1 aromatic carbocycles. The third-order valence-electron chi connectivity index (χ3n) is 5.21. The van der Waals surface area contributed by atoms with Crippen LogP contribution >= 0.6 is 11.8 Å². The molecule has 4 rings (SSSR count). The molecule has 9 heteroatoms. The number of aromatic nitrogens is 3. The van der Waals surface area contributed by atoms with Crippen molar-refractivity contribution in [1.29, 1.82) is 0 Å². The van der Waals surface area contributed by atoms with Crippen LogP contribution in [0.4, 0.5) is 5.95 Å². The van der Waals surface area contributed by atoms with Crippen LogP contribution in [0.2, 0.25) is 0 Å². The Labute approximate surface area is 175 Å². The molecule has 29 heavy (non-hydrogen) atoms. The standard InChI is InChI=1S/C20H27N5O3S/c1-2-16-5-3-4-6-17(16)25-19(24-9-13-28-14-10-24)21-22-20(25)29-15-18(26)23-7-11-27-12-8-23/h3-6H,2,7-15H2,1H3. The second-order valence-corrected chi connectivity index (χ2v) is 7.92. The fourth-order valence-electron chi connectivity index (χ4n) is 3.59. The van der Waals surface area contributed by atoms with Gasteiger partial charge in [-0.1, -0.05) is 36.9 Å². The number of carbonyl (C=O) groups is 1. The molecule has 1 aromatic heterocycles. The Morgan fingerprint density at radius 1 is 1.03 bits per heavy atom. The van der Waals surface area contributed by atoms with E-state index in [1.165, 1.54) is 17.3 Å². The maximum absolute atomic E-state index is 12.6. The number of thioether (sulfide) groups is 1. The number of hydrogen-bond acceptors (Lipinski definition) is 7. The third-order valence-corrected chi connectivity index (χ3v) is 6.13. The van der Waals surface area contributed by atoms with Crippen LogP contribution in [0.25, 0.3) is 5.69 Å². The lowest BCUT2D eigenvalue weighted by Gasteiger charge is -2.28. The van der Waals surface area contributed by atoms with E-state index in [0.717, 1.165) is 36.3 Å². The van der Waals surface area contributed by atoms with Crippen molar-refractivity contribution in [3.63, 3.8) is 0 Å². The van der Waals surface area contributed by atoms with Gasteiger partial charge in [0.1, 0.15) is 0 Å². The zero-order valence-electron chi connectivity index (χ0n) is 16.7. The maximum Gasteiger partial charge on any atom is 0.233 e. The lowest BCUT2D eigenvalue weighted by atomic mass is 10.1. The normalized spacial score (nSPS) is 17.6. The number of hydrogen-bond donors (Lipinski definition) is 0. The quantitative estimate of drug-likeness (QED) is 0.661. The fourth-order valence-corrected chi connectivity index (χ4v) is 4.44. The molecule has 8 nitrogen and oxygen atoms in total. The van der Waals surface area contributed by atoms with E-state index >= 15 is 0 Å². The SMILES string of the molecule is CCc1ccccc1-n1c(SCC(=O)N2CCOCC2)nnc1N1CCOCC1. The van der Waals surface area contributed by atoms with E-state index in [1.807, 2.05) is 11.0 Å². The molecule has 0 radical (unpaired) electrons. The van der Waals surface area contributed by atoms with E-state index in [1.54, 1.807) is 0 Å². The Morgan fingerprint density at radius 3 is 2.45 bits per heavy atom. The molecule has 0 N–H and O–H groups in total. The number of ether oxygens (including phenoxy) is 2. The highest BCUT2D eigenvalue weighted by Crippen LogP contribution is 2.29. The van der Waals surface area contributed by atoms with Crippen LogP contribution in [0.3, 0.4) is 0 Å². The number of nitrogens with zero attached hydrogens (tertiary/aromatic N) is 5. The minimum Gasteiger partial charge on any atom is -0.378 e. The van der Waals surface area contributed by atoms with E-state index in [9.17, 15) is 4.79 Å². The van der Waals surface area contributed by atoms with Crippen molar-refractivity contribution in [2.24, 2.45) is 0 Å². The second kappa shape index (κ2) is 9.60. The molecule has 0 spiro atoms. The van der Waals surface area contributed by atoms with Gasteiger partial charge in [-0.05, 0) is 18.1 Å². The van der Waals surface area contributed by atoms with Crippen LogP contribution in [0, 0.1) is 0 Å². The summed E-state index contributed by atoms with van der Waals surface area (Å²) in [7, 11) is 0. The average Bonchev–Trinajstić information content (AvgIpc) is 3.22. The summed E-state index contributed by atoms with van der Waals surface area (Å²) in [5.41, 5.74) is 2.30. The molecule has 2 aromatic rings. The number of anilines is 1. The van der Waals surface area contributed by atoms with Gasteiger partial charge in [-0.15, -0.1) is 10.2 Å². The van der Waals surface area contributed by atoms with Gasteiger partial charge < -0.3 is 19.3 Å². The van der Waals surface area contributed by atoms with Gasteiger partial charge in [-0.2, -0.15) is 0 Å². The van der Waals surface area contributed by atoms with Gasteiger partial charge in [0, 0.05) is 26.2 Å². The number of para-hydroxylation sites is 1. The van der Waals surface area contributed by atoms with Crippen LogP contribution in [-0.2, 0) is 20.7 Å². The lowest BCUT2D eigenvalue weighted by Crippen LogP contribution is -2.41. The van der Waals surface area contributed by atoms with Gasteiger partial charge in [0.25, 0.3) is 0 Å². The molecular formula is C20H27N5O3S. The van der Waals surface area contributed by atoms with Crippen LogP contribution in [0.1, 0.15) is 12.5 Å². The molecule has 0 atom stereocenters. The topological polar surface area (TPSA) is 72.7 Å². The molecule has 0 bridgehead atoms. The highest BCUT2D eigenvalue weighted by atomic mass is 32.2. The molecule has 0 aliphatic carbocycles. The third kappa shape index (κ3) is 4.57. The molecule has 1 amide bonds. The zero-order chi connectivity index (χ0) is 20.1. The molecule has 0 saturated carbocycles. The summed E-state index contributed by atoms with van der Waals surface area (Å²) in [6.45, 7) is 7.60.